The maximum atomic E-state index is 5.41. The average molecular weight is 436 g/mol. The number of pyridine rings is 1. The standard InChI is InChI=1S/C23H29N7O2/c1-24-23(26-15-17-5-8-25-22(11-17)30-9-4-7-27-30)28-18-6-10-29(16-18)19-12-20(31-2)14-21(13-19)32-3/h4-5,7-9,11-14,18H,6,10,15-16H2,1-3H3,(H2,24,26,28). The number of benzene rings is 1. The summed E-state index contributed by atoms with van der Waals surface area (Å²) in [6.07, 6.45) is 6.43. The zero-order chi connectivity index (χ0) is 22.3. The van der Waals surface area contributed by atoms with Crippen LogP contribution in [0, 0.1) is 0 Å². The highest BCUT2D eigenvalue weighted by atomic mass is 16.5. The fourth-order valence-corrected chi connectivity index (χ4v) is 3.76. The molecule has 0 radical (unpaired) electrons. The minimum Gasteiger partial charge on any atom is -0.497 e. The molecule has 1 aromatic carbocycles. The largest absolute Gasteiger partial charge is 0.497 e. The van der Waals surface area contributed by atoms with Gasteiger partial charge in [0.2, 0.25) is 0 Å². The van der Waals surface area contributed by atoms with Crippen molar-refractivity contribution >= 4 is 11.6 Å². The maximum Gasteiger partial charge on any atom is 0.191 e. The molecule has 1 saturated heterocycles. The molecule has 0 saturated carbocycles. The van der Waals surface area contributed by atoms with E-state index < -0.39 is 0 Å². The Balaban J connectivity index is 1.34. The van der Waals surface area contributed by atoms with Gasteiger partial charge < -0.3 is 25.0 Å². The zero-order valence-corrected chi connectivity index (χ0v) is 18.7. The van der Waals surface area contributed by atoms with Crippen molar-refractivity contribution in [1.82, 2.24) is 25.4 Å². The average Bonchev–Trinajstić information content (AvgIpc) is 3.54. The quantitative estimate of drug-likeness (QED) is 0.435. The SMILES string of the molecule is CN=C(NCc1ccnc(-n2cccn2)c1)NC1CCN(c2cc(OC)cc(OC)c2)C1. The molecule has 1 fully saturated rings. The van der Waals surface area contributed by atoms with Crippen molar-refractivity contribution in [1.29, 1.82) is 0 Å². The molecule has 2 aromatic heterocycles. The van der Waals surface area contributed by atoms with Gasteiger partial charge in [0.1, 0.15) is 11.5 Å². The molecule has 9 heteroatoms. The minimum absolute atomic E-state index is 0.287. The third kappa shape index (κ3) is 5.11. The van der Waals surface area contributed by atoms with Gasteiger partial charge in [0.15, 0.2) is 11.8 Å². The molecule has 1 aliphatic rings. The van der Waals surface area contributed by atoms with E-state index in [1.807, 2.05) is 42.6 Å². The van der Waals surface area contributed by atoms with Gasteiger partial charge in [-0.1, -0.05) is 0 Å². The lowest BCUT2D eigenvalue weighted by molar-refractivity contribution is 0.394. The van der Waals surface area contributed by atoms with E-state index in [1.54, 1.807) is 38.3 Å². The summed E-state index contributed by atoms with van der Waals surface area (Å²) < 4.78 is 12.6. The number of rotatable bonds is 7. The molecule has 1 unspecified atom stereocenters. The molecule has 1 atom stereocenters. The van der Waals surface area contributed by atoms with Crippen LogP contribution in [0.3, 0.4) is 0 Å². The monoisotopic (exact) mass is 435 g/mol. The highest BCUT2D eigenvalue weighted by molar-refractivity contribution is 5.80. The van der Waals surface area contributed by atoms with E-state index in [1.165, 1.54) is 0 Å². The van der Waals surface area contributed by atoms with Gasteiger partial charge in [0.25, 0.3) is 0 Å². The van der Waals surface area contributed by atoms with Crippen LogP contribution in [0.1, 0.15) is 12.0 Å². The number of ether oxygens (including phenoxy) is 2. The lowest BCUT2D eigenvalue weighted by Gasteiger charge is -2.21. The van der Waals surface area contributed by atoms with Crippen LogP contribution in [0.15, 0.2) is 60.0 Å². The fourth-order valence-electron chi connectivity index (χ4n) is 3.76. The van der Waals surface area contributed by atoms with Crippen molar-refractivity contribution in [3.63, 3.8) is 0 Å². The van der Waals surface area contributed by atoms with E-state index in [4.69, 9.17) is 9.47 Å². The van der Waals surface area contributed by atoms with Crippen LogP contribution in [-0.2, 0) is 6.54 Å². The van der Waals surface area contributed by atoms with Crippen LogP contribution in [0.2, 0.25) is 0 Å². The predicted molar refractivity (Wildman–Crippen MR) is 125 cm³/mol. The molecule has 32 heavy (non-hydrogen) atoms. The number of methoxy groups -OCH3 is 2. The van der Waals surface area contributed by atoms with Gasteiger partial charge in [-0.05, 0) is 30.2 Å². The topological polar surface area (TPSA) is 88.8 Å². The normalized spacial score (nSPS) is 16.2. The number of nitrogens with zero attached hydrogens (tertiary/aromatic N) is 5. The van der Waals surface area contributed by atoms with Crippen LogP contribution in [0.25, 0.3) is 5.82 Å². The van der Waals surface area contributed by atoms with E-state index in [0.717, 1.165) is 54.0 Å². The molecule has 0 bridgehead atoms. The molecule has 0 spiro atoms. The Hall–Kier alpha value is -3.75. The summed E-state index contributed by atoms with van der Waals surface area (Å²) in [6.45, 7) is 2.46. The van der Waals surface area contributed by atoms with Gasteiger partial charge in [-0.2, -0.15) is 5.10 Å². The first-order chi connectivity index (χ1) is 15.7. The molecule has 9 nitrogen and oxygen atoms in total. The summed E-state index contributed by atoms with van der Waals surface area (Å²) >= 11 is 0. The van der Waals surface area contributed by atoms with Gasteiger partial charge in [-0.15, -0.1) is 0 Å². The van der Waals surface area contributed by atoms with E-state index >= 15 is 0 Å². The second kappa shape index (κ2) is 10.0. The van der Waals surface area contributed by atoms with Gasteiger partial charge in [-0.3, -0.25) is 4.99 Å². The summed E-state index contributed by atoms with van der Waals surface area (Å²) in [4.78, 5) is 11.1. The molecule has 2 N–H and O–H groups in total. The first kappa shape index (κ1) is 21.5. The Bertz CT molecular complexity index is 1030. The first-order valence-electron chi connectivity index (χ1n) is 10.6. The Morgan fingerprint density at radius 1 is 1.16 bits per heavy atom. The molecular formula is C23H29N7O2. The summed E-state index contributed by atoms with van der Waals surface area (Å²) in [5.74, 6) is 3.15. The van der Waals surface area contributed by atoms with Crippen LogP contribution in [-0.4, -0.2) is 61.1 Å². The van der Waals surface area contributed by atoms with Crippen molar-refractivity contribution in [2.45, 2.75) is 19.0 Å². The van der Waals surface area contributed by atoms with Gasteiger partial charge in [-0.25, -0.2) is 9.67 Å². The van der Waals surface area contributed by atoms with Gasteiger partial charge >= 0.3 is 0 Å². The van der Waals surface area contributed by atoms with Gasteiger partial charge in [0, 0.05) is 75.2 Å². The van der Waals surface area contributed by atoms with E-state index in [-0.39, 0.29) is 6.04 Å². The Labute approximate surface area is 188 Å². The molecule has 4 rings (SSSR count). The lowest BCUT2D eigenvalue weighted by Crippen LogP contribution is -2.44. The molecule has 1 aliphatic heterocycles. The van der Waals surface area contributed by atoms with Crippen molar-refractivity contribution < 1.29 is 9.47 Å². The van der Waals surface area contributed by atoms with Crippen LogP contribution >= 0.6 is 0 Å². The summed E-state index contributed by atoms with van der Waals surface area (Å²) in [7, 11) is 5.13. The van der Waals surface area contributed by atoms with E-state index in [9.17, 15) is 0 Å². The Morgan fingerprint density at radius 3 is 2.66 bits per heavy atom. The Kier molecular flexibility index (Phi) is 6.74. The second-order valence-electron chi connectivity index (χ2n) is 7.55. The molecule has 168 valence electrons. The highest BCUT2D eigenvalue weighted by Crippen LogP contribution is 2.30. The van der Waals surface area contributed by atoms with Gasteiger partial charge in [0.05, 0.1) is 14.2 Å². The van der Waals surface area contributed by atoms with Crippen LogP contribution in [0.5, 0.6) is 11.5 Å². The Morgan fingerprint density at radius 2 is 1.97 bits per heavy atom. The van der Waals surface area contributed by atoms with E-state index in [0.29, 0.717) is 6.54 Å². The van der Waals surface area contributed by atoms with Crippen LogP contribution in [0.4, 0.5) is 5.69 Å². The highest BCUT2D eigenvalue weighted by Gasteiger charge is 2.24. The van der Waals surface area contributed by atoms with Crippen molar-refractivity contribution in [3.8, 4) is 17.3 Å². The number of nitrogens with one attached hydrogen (secondary N) is 2. The number of hydrogen-bond acceptors (Lipinski definition) is 6. The van der Waals surface area contributed by atoms with Crippen LogP contribution < -0.4 is 25.0 Å². The summed E-state index contributed by atoms with van der Waals surface area (Å²) in [6, 6.07) is 12.1. The molecule has 3 aromatic rings. The maximum absolute atomic E-state index is 5.41. The minimum atomic E-state index is 0.287. The molecule has 3 heterocycles. The fraction of sp³-hybridized carbons (Fsp3) is 0.348. The van der Waals surface area contributed by atoms with E-state index in [2.05, 4.69) is 30.6 Å². The zero-order valence-electron chi connectivity index (χ0n) is 18.7. The smallest absolute Gasteiger partial charge is 0.191 e. The number of aromatic nitrogens is 3. The number of anilines is 1. The lowest BCUT2D eigenvalue weighted by atomic mass is 10.2. The second-order valence-corrected chi connectivity index (χ2v) is 7.55. The first-order valence-corrected chi connectivity index (χ1v) is 10.6. The predicted octanol–water partition coefficient (Wildman–Crippen LogP) is 2.23. The number of aliphatic imine (C=N–C) groups is 1. The summed E-state index contributed by atoms with van der Waals surface area (Å²) in [5, 5.41) is 11.2. The van der Waals surface area contributed by atoms with Crippen molar-refractivity contribution in [3.05, 3.63) is 60.6 Å². The molecule has 0 aliphatic carbocycles. The third-order valence-electron chi connectivity index (χ3n) is 5.46. The number of hydrogen-bond donors (Lipinski definition) is 2. The van der Waals surface area contributed by atoms with Crippen molar-refractivity contribution in [2.24, 2.45) is 4.99 Å². The summed E-state index contributed by atoms with van der Waals surface area (Å²) in [5.41, 5.74) is 2.20. The third-order valence-corrected chi connectivity index (χ3v) is 5.46. The molecule has 0 amide bonds. The molecular weight excluding hydrogens is 406 g/mol. The van der Waals surface area contributed by atoms with Crippen molar-refractivity contribution in [2.75, 3.05) is 39.3 Å². The number of guanidine groups is 1.